The Morgan fingerprint density at radius 3 is 2.21 bits per heavy atom. The van der Waals surface area contributed by atoms with Crippen LogP contribution < -0.4 is 0 Å². The molecule has 0 heterocycles. The Kier molecular flexibility index (Phi) is 6.28. The van der Waals surface area contributed by atoms with Crippen LogP contribution >= 0.6 is 0 Å². The van der Waals surface area contributed by atoms with Crippen molar-refractivity contribution >= 4 is 0 Å². The molecule has 0 aliphatic heterocycles. The molecule has 0 saturated heterocycles. The van der Waals surface area contributed by atoms with Crippen molar-refractivity contribution in [2.45, 2.75) is 137 Å². The minimum Gasteiger partial charge on any atom is -0.393 e. The van der Waals surface area contributed by atoms with E-state index in [1.165, 1.54) is 38.5 Å². The molecule has 2 fully saturated rings. The molecule has 3 unspecified atom stereocenters. The van der Waals surface area contributed by atoms with E-state index in [9.17, 15) is 15.3 Å². The number of hydrogen-bond acceptors (Lipinski definition) is 3. The zero-order chi connectivity index (χ0) is 24.6. The highest BCUT2D eigenvalue weighted by Crippen LogP contribution is 2.72. The van der Waals surface area contributed by atoms with Crippen LogP contribution in [0.5, 0.6) is 0 Å². The first-order chi connectivity index (χ1) is 15.1. The second kappa shape index (κ2) is 8.07. The SMILES string of the molecule is CC(CCC(O)C(C)(C)O)C1CC[C@@]2(C)C3=C(CC[C@]12C)[C@@]1(C)CC[C@H](O)C(C)(C)[C@@H]1CC3. The summed E-state index contributed by atoms with van der Waals surface area (Å²) in [5, 5.41) is 31.4. The van der Waals surface area contributed by atoms with E-state index in [0.717, 1.165) is 19.3 Å². The average molecular weight is 461 g/mol. The molecule has 3 N–H and O–H groups in total. The van der Waals surface area contributed by atoms with Gasteiger partial charge in [0.25, 0.3) is 0 Å². The summed E-state index contributed by atoms with van der Waals surface area (Å²) in [5.41, 5.74) is 3.41. The van der Waals surface area contributed by atoms with Gasteiger partial charge in [0.05, 0.1) is 17.8 Å². The number of aliphatic hydroxyl groups is 3. The highest BCUT2D eigenvalue weighted by atomic mass is 16.3. The van der Waals surface area contributed by atoms with Gasteiger partial charge in [-0.2, -0.15) is 0 Å². The van der Waals surface area contributed by atoms with E-state index in [1.807, 2.05) is 0 Å². The lowest BCUT2D eigenvalue weighted by molar-refractivity contribution is -0.0964. The van der Waals surface area contributed by atoms with Gasteiger partial charge in [-0.1, -0.05) is 52.7 Å². The second-order valence-corrected chi connectivity index (χ2v) is 14.5. The summed E-state index contributed by atoms with van der Waals surface area (Å²) in [6.45, 7) is 18.2. The van der Waals surface area contributed by atoms with Gasteiger partial charge >= 0.3 is 0 Å². The van der Waals surface area contributed by atoms with E-state index in [0.29, 0.717) is 29.6 Å². The lowest BCUT2D eigenvalue weighted by Gasteiger charge is -2.62. The van der Waals surface area contributed by atoms with Gasteiger partial charge in [0.1, 0.15) is 0 Å². The Hall–Kier alpha value is -0.380. The number of aliphatic hydroxyl groups excluding tert-OH is 2. The maximum Gasteiger partial charge on any atom is 0.0849 e. The summed E-state index contributed by atoms with van der Waals surface area (Å²) in [6, 6.07) is 0. The lowest BCUT2D eigenvalue weighted by Crippen LogP contribution is -2.55. The van der Waals surface area contributed by atoms with Crippen molar-refractivity contribution in [2.24, 2.45) is 39.4 Å². The van der Waals surface area contributed by atoms with E-state index in [2.05, 4.69) is 41.5 Å². The van der Waals surface area contributed by atoms with Crippen molar-refractivity contribution in [1.82, 2.24) is 0 Å². The van der Waals surface area contributed by atoms with E-state index in [-0.39, 0.29) is 22.3 Å². The lowest BCUT2D eigenvalue weighted by atomic mass is 9.43. The third-order valence-electron chi connectivity index (χ3n) is 12.2. The largest absolute Gasteiger partial charge is 0.393 e. The maximum atomic E-state index is 10.8. The Balaban J connectivity index is 1.60. The molecular formula is C30H52O3. The normalized spacial score (nSPS) is 44.6. The molecule has 4 aliphatic carbocycles. The van der Waals surface area contributed by atoms with Crippen molar-refractivity contribution in [3.63, 3.8) is 0 Å². The molecule has 190 valence electrons. The van der Waals surface area contributed by atoms with Crippen molar-refractivity contribution in [2.75, 3.05) is 0 Å². The molecule has 8 atom stereocenters. The van der Waals surface area contributed by atoms with Crippen molar-refractivity contribution in [1.29, 1.82) is 0 Å². The van der Waals surface area contributed by atoms with Crippen LogP contribution in [-0.2, 0) is 0 Å². The van der Waals surface area contributed by atoms with E-state index in [1.54, 1.807) is 25.0 Å². The van der Waals surface area contributed by atoms with Gasteiger partial charge in [-0.25, -0.2) is 0 Å². The summed E-state index contributed by atoms with van der Waals surface area (Å²) in [5.74, 6) is 1.83. The van der Waals surface area contributed by atoms with Crippen LogP contribution in [0.1, 0.15) is 120 Å². The Labute approximate surface area is 203 Å². The van der Waals surface area contributed by atoms with Gasteiger partial charge in [0.2, 0.25) is 0 Å². The molecule has 4 rings (SSSR count). The first-order valence-electron chi connectivity index (χ1n) is 13.9. The van der Waals surface area contributed by atoms with Crippen molar-refractivity contribution in [3.8, 4) is 0 Å². The second-order valence-electron chi connectivity index (χ2n) is 14.5. The van der Waals surface area contributed by atoms with E-state index >= 15 is 0 Å². The van der Waals surface area contributed by atoms with Crippen LogP contribution in [0.3, 0.4) is 0 Å². The van der Waals surface area contributed by atoms with Gasteiger partial charge < -0.3 is 15.3 Å². The van der Waals surface area contributed by atoms with E-state index in [4.69, 9.17) is 0 Å². The predicted octanol–water partition coefficient (Wildman–Crippen LogP) is 6.64. The molecule has 0 radical (unpaired) electrons. The summed E-state index contributed by atoms with van der Waals surface area (Å²) >= 11 is 0. The molecule has 0 aromatic carbocycles. The van der Waals surface area contributed by atoms with Crippen LogP contribution in [-0.4, -0.2) is 33.1 Å². The fourth-order valence-corrected chi connectivity index (χ4v) is 9.60. The molecule has 0 aromatic rings. The third-order valence-corrected chi connectivity index (χ3v) is 12.2. The molecule has 0 bridgehead atoms. The van der Waals surface area contributed by atoms with Gasteiger partial charge in [0.15, 0.2) is 0 Å². The minimum absolute atomic E-state index is 0.00122. The fourth-order valence-electron chi connectivity index (χ4n) is 9.60. The van der Waals surface area contributed by atoms with E-state index < -0.39 is 11.7 Å². The number of hydrogen-bond donors (Lipinski definition) is 3. The summed E-state index contributed by atoms with van der Waals surface area (Å²) in [4.78, 5) is 0. The molecular weight excluding hydrogens is 408 g/mol. The summed E-state index contributed by atoms with van der Waals surface area (Å²) in [7, 11) is 0. The summed E-state index contributed by atoms with van der Waals surface area (Å²) < 4.78 is 0. The zero-order valence-electron chi connectivity index (χ0n) is 22.8. The van der Waals surface area contributed by atoms with Crippen LogP contribution in [0.4, 0.5) is 0 Å². The smallest absolute Gasteiger partial charge is 0.0849 e. The van der Waals surface area contributed by atoms with Crippen LogP contribution in [0.25, 0.3) is 0 Å². The van der Waals surface area contributed by atoms with Gasteiger partial charge in [-0.3, -0.25) is 0 Å². The third kappa shape index (κ3) is 3.70. The minimum atomic E-state index is -1.02. The fraction of sp³-hybridized carbons (Fsp3) is 0.933. The van der Waals surface area contributed by atoms with Crippen molar-refractivity contribution < 1.29 is 15.3 Å². The predicted molar refractivity (Wildman–Crippen MR) is 136 cm³/mol. The molecule has 3 nitrogen and oxygen atoms in total. The van der Waals surface area contributed by atoms with Crippen LogP contribution in [0.2, 0.25) is 0 Å². The average Bonchev–Trinajstić information content (AvgIpc) is 3.00. The van der Waals surface area contributed by atoms with Crippen molar-refractivity contribution in [3.05, 3.63) is 11.1 Å². The maximum absolute atomic E-state index is 10.8. The Morgan fingerprint density at radius 1 is 0.909 bits per heavy atom. The standard InChI is InChI=1S/C30H52O3/c1-19(9-12-25(32)27(4,5)33)20-13-17-30(8)22-10-11-23-26(2,3)24(31)15-16-28(23,6)21(22)14-18-29(20,30)7/h19-20,23-25,31-33H,9-18H2,1-8H3/t19?,20?,23-,24-,25?,28+,29+,30-/m0/s1. The first kappa shape index (κ1) is 25.7. The molecule has 0 aromatic heterocycles. The van der Waals surface area contributed by atoms with Gasteiger partial charge in [-0.05, 0) is 117 Å². The topological polar surface area (TPSA) is 60.7 Å². The first-order valence-corrected chi connectivity index (χ1v) is 13.9. The molecule has 0 spiro atoms. The Morgan fingerprint density at radius 2 is 1.58 bits per heavy atom. The van der Waals surface area contributed by atoms with Crippen LogP contribution in [0, 0.1) is 39.4 Å². The van der Waals surface area contributed by atoms with Gasteiger partial charge in [0, 0.05) is 0 Å². The number of rotatable bonds is 5. The summed E-state index contributed by atoms with van der Waals surface area (Å²) in [6.07, 6.45) is 10.5. The number of allylic oxidation sites excluding steroid dienone is 2. The quantitative estimate of drug-likeness (QED) is 0.403. The zero-order valence-corrected chi connectivity index (χ0v) is 22.8. The van der Waals surface area contributed by atoms with Crippen LogP contribution in [0.15, 0.2) is 11.1 Å². The highest BCUT2D eigenvalue weighted by Gasteiger charge is 2.63. The monoisotopic (exact) mass is 460 g/mol. The number of fused-ring (bicyclic) bond motifs is 4. The molecule has 4 aliphatic rings. The Bertz CT molecular complexity index is 791. The highest BCUT2D eigenvalue weighted by molar-refractivity contribution is 5.38. The van der Waals surface area contributed by atoms with Gasteiger partial charge in [-0.15, -0.1) is 0 Å². The molecule has 3 heteroatoms. The molecule has 0 amide bonds. The molecule has 2 saturated carbocycles. The molecule has 33 heavy (non-hydrogen) atoms.